The highest BCUT2D eigenvalue weighted by atomic mass is 19.4. The third-order valence-corrected chi connectivity index (χ3v) is 5.97. The third kappa shape index (κ3) is 7.03. The molecule has 3 N–H and O–H groups in total. The Morgan fingerprint density at radius 3 is 2.20 bits per heavy atom. The molecule has 1 fully saturated rings. The van der Waals surface area contributed by atoms with Crippen molar-refractivity contribution < 1.29 is 27.5 Å². The number of aliphatic hydroxyl groups is 1. The van der Waals surface area contributed by atoms with Gasteiger partial charge in [0.05, 0.1) is 18.2 Å². The van der Waals surface area contributed by atoms with Crippen molar-refractivity contribution in [3.8, 4) is 17.2 Å². The Bertz CT molecular complexity index is 1080. The van der Waals surface area contributed by atoms with Crippen molar-refractivity contribution in [1.82, 2.24) is 10.6 Å². The highest BCUT2D eigenvalue weighted by Crippen LogP contribution is 2.37. The van der Waals surface area contributed by atoms with Gasteiger partial charge >= 0.3 is 6.18 Å². The van der Waals surface area contributed by atoms with E-state index in [4.69, 9.17) is 0 Å². The summed E-state index contributed by atoms with van der Waals surface area (Å²) in [5.74, 6) is -0.837. The zero-order valence-electron chi connectivity index (χ0n) is 19.8. The van der Waals surface area contributed by atoms with Gasteiger partial charge in [-0.1, -0.05) is 42.5 Å². The predicted octanol–water partition coefficient (Wildman–Crippen LogP) is 5.28. The molecular formula is C26H29F4N3O2. The van der Waals surface area contributed by atoms with Gasteiger partial charge in [0, 0.05) is 6.42 Å². The van der Waals surface area contributed by atoms with Crippen molar-refractivity contribution in [2.75, 3.05) is 0 Å². The number of hydrogen-bond donors (Lipinski definition) is 3. The van der Waals surface area contributed by atoms with Crippen LogP contribution >= 0.6 is 0 Å². The highest BCUT2D eigenvalue weighted by Gasteiger charge is 2.48. The van der Waals surface area contributed by atoms with E-state index in [1.807, 2.05) is 6.07 Å². The number of rotatable bonds is 9. The summed E-state index contributed by atoms with van der Waals surface area (Å²) in [6.45, 7) is 3.99. The summed E-state index contributed by atoms with van der Waals surface area (Å²) in [5, 5.41) is 23.8. The van der Waals surface area contributed by atoms with Crippen LogP contribution in [0.1, 0.15) is 63.3 Å². The summed E-state index contributed by atoms with van der Waals surface area (Å²) in [7, 11) is 0. The Morgan fingerprint density at radius 1 is 1.09 bits per heavy atom. The van der Waals surface area contributed by atoms with E-state index in [1.165, 1.54) is 38.1 Å². The first-order chi connectivity index (χ1) is 16.2. The molecule has 3 rings (SSSR count). The van der Waals surface area contributed by atoms with Crippen molar-refractivity contribution in [3.05, 3.63) is 59.7 Å². The highest BCUT2D eigenvalue weighted by molar-refractivity contribution is 5.83. The maximum atomic E-state index is 14.4. The number of amides is 1. The molecule has 2 aromatic rings. The lowest BCUT2D eigenvalue weighted by Gasteiger charge is -2.30. The molecule has 0 aliphatic heterocycles. The molecule has 1 aliphatic carbocycles. The van der Waals surface area contributed by atoms with Crippen LogP contribution in [-0.4, -0.2) is 34.4 Å². The van der Waals surface area contributed by atoms with Gasteiger partial charge in [-0.3, -0.25) is 10.1 Å². The van der Waals surface area contributed by atoms with Crippen molar-refractivity contribution >= 4 is 5.91 Å². The van der Waals surface area contributed by atoms with E-state index in [2.05, 4.69) is 10.6 Å². The lowest BCUT2D eigenvalue weighted by molar-refractivity contribution is -0.161. The monoisotopic (exact) mass is 491 g/mol. The minimum atomic E-state index is -4.76. The molecule has 188 valence electrons. The smallest absolute Gasteiger partial charge is 0.389 e. The number of aliphatic hydroxyl groups excluding tert-OH is 1. The van der Waals surface area contributed by atoms with E-state index in [0.29, 0.717) is 24.0 Å². The van der Waals surface area contributed by atoms with Gasteiger partial charge in [-0.15, -0.1) is 0 Å². The van der Waals surface area contributed by atoms with Gasteiger partial charge in [0.1, 0.15) is 17.2 Å². The van der Waals surface area contributed by atoms with Crippen LogP contribution in [0.15, 0.2) is 48.5 Å². The van der Waals surface area contributed by atoms with Gasteiger partial charge < -0.3 is 10.4 Å². The van der Waals surface area contributed by atoms with Crippen molar-refractivity contribution in [2.45, 2.75) is 75.6 Å². The Kier molecular flexibility index (Phi) is 7.58. The van der Waals surface area contributed by atoms with E-state index in [-0.39, 0.29) is 5.56 Å². The van der Waals surface area contributed by atoms with Crippen LogP contribution in [-0.2, 0) is 4.79 Å². The van der Waals surface area contributed by atoms with E-state index in [9.17, 15) is 32.7 Å². The Morgan fingerprint density at radius 2 is 1.71 bits per heavy atom. The van der Waals surface area contributed by atoms with Gasteiger partial charge in [-0.05, 0) is 61.9 Å². The molecule has 3 atom stereocenters. The normalized spacial score (nSPS) is 17.7. The number of carbonyl (C=O) groups is 1. The summed E-state index contributed by atoms with van der Waals surface area (Å²) in [6.07, 6.45) is -5.15. The molecule has 0 radical (unpaired) electrons. The van der Waals surface area contributed by atoms with Crippen molar-refractivity contribution in [3.63, 3.8) is 0 Å². The molecular weight excluding hydrogens is 462 g/mol. The fourth-order valence-corrected chi connectivity index (χ4v) is 3.85. The lowest BCUT2D eigenvalue weighted by atomic mass is 9.95. The zero-order valence-corrected chi connectivity index (χ0v) is 19.8. The van der Waals surface area contributed by atoms with Crippen LogP contribution in [0.3, 0.4) is 0 Å². The number of benzene rings is 2. The van der Waals surface area contributed by atoms with Gasteiger partial charge in [-0.25, -0.2) is 4.39 Å². The van der Waals surface area contributed by atoms with Crippen LogP contribution in [0, 0.1) is 11.3 Å². The molecule has 1 amide bonds. The van der Waals surface area contributed by atoms with Crippen LogP contribution in [0.25, 0.3) is 11.1 Å². The number of nitriles is 1. The number of nitrogens with one attached hydrogen (secondary N) is 2. The fourth-order valence-electron chi connectivity index (χ4n) is 3.85. The standard InChI is InChI=1S/C26H29F4N3O2/c1-16(34)19-5-4-6-20(13-19)17-7-9-18(10-8-17)22(26(28,29)30)32-21(14-24(2,3)27)23(35)33-25(15-31)11-12-25/h4-10,13,16,21-22,32,34H,11-12,14H2,1-3H3,(H,33,35)/t16?,21-,22-/m0/s1. The molecule has 2 aromatic carbocycles. The zero-order chi connectivity index (χ0) is 26.0. The second kappa shape index (κ2) is 9.96. The second-order valence-electron chi connectivity index (χ2n) is 9.72. The SMILES string of the molecule is CC(O)c1cccc(-c2ccc([C@H](N[C@@H](CC(C)(C)F)C(=O)NC3(C#N)CC3)C(F)(F)F)cc2)c1. The molecule has 1 unspecified atom stereocenters. The maximum Gasteiger partial charge on any atom is 0.407 e. The van der Waals surface area contributed by atoms with E-state index < -0.39 is 47.9 Å². The molecule has 1 saturated carbocycles. The number of alkyl halides is 4. The molecule has 0 heterocycles. The fraction of sp³-hybridized carbons (Fsp3) is 0.462. The minimum absolute atomic E-state index is 0.135. The van der Waals surface area contributed by atoms with Crippen LogP contribution in [0.5, 0.6) is 0 Å². The summed E-state index contributed by atoms with van der Waals surface area (Å²) < 4.78 is 56.7. The van der Waals surface area contributed by atoms with Crippen LogP contribution in [0.2, 0.25) is 0 Å². The summed E-state index contributed by atoms with van der Waals surface area (Å²) in [6, 6.07) is 10.9. The second-order valence-corrected chi connectivity index (χ2v) is 9.72. The summed E-state index contributed by atoms with van der Waals surface area (Å²) in [5.41, 5.74) is -1.09. The average molecular weight is 492 g/mol. The van der Waals surface area contributed by atoms with Crippen molar-refractivity contribution in [1.29, 1.82) is 5.26 Å². The molecule has 0 saturated heterocycles. The predicted molar refractivity (Wildman–Crippen MR) is 124 cm³/mol. The number of carbonyl (C=O) groups excluding carboxylic acids is 1. The Balaban J connectivity index is 1.87. The maximum absolute atomic E-state index is 14.4. The molecule has 9 heteroatoms. The minimum Gasteiger partial charge on any atom is -0.389 e. The summed E-state index contributed by atoms with van der Waals surface area (Å²) >= 11 is 0. The lowest BCUT2D eigenvalue weighted by Crippen LogP contribution is -2.53. The molecule has 0 bridgehead atoms. The van der Waals surface area contributed by atoms with Gasteiger partial charge in [0.15, 0.2) is 0 Å². The van der Waals surface area contributed by atoms with Crippen molar-refractivity contribution in [2.24, 2.45) is 0 Å². The topological polar surface area (TPSA) is 85.2 Å². The Labute approximate surface area is 202 Å². The molecule has 5 nitrogen and oxygen atoms in total. The van der Waals surface area contributed by atoms with E-state index in [0.717, 1.165) is 5.56 Å². The quantitative estimate of drug-likeness (QED) is 0.417. The third-order valence-electron chi connectivity index (χ3n) is 5.97. The first-order valence-electron chi connectivity index (χ1n) is 11.4. The first-order valence-corrected chi connectivity index (χ1v) is 11.4. The van der Waals surface area contributed by atoms with E-state index in [1.54, 1.807) is 31.2 Å². The number of halogens is 4. The first kappa shape index (κ1) is 26.6. The molecule has 35 heavy (non-hydrogen) atoms. The molecule has 0 spiro atoms. The number of hydrogen-bond acceptors (Lipinski definition) is 4. The average Bonchev–Trinajstić information content (AvgIpc) is 3.55. The number of nitrogens with zero attached hydrogens (tertiary/aromatic N) is 1. The summed E-state index contributed by atoms with van der Waals surface area (Å²) in [4.78, 5) is 12.8. The molecule has 0 aromatic heterocycles. The largest absolute Gasteiger partial charge is 0.407 e. The van der Waals surface area contributed by atoms with Gasteiger partial charge in [-0.2, -0.15) is 18.4 Å². The van der Waals surface area contributed by atoms with Gasteiger partial charge in [0.25, 0.3) is 0 Å². The van der Waals surface area contributed by atoms with Gasteiger partial charge in [0.2, 0.25) is 5.91 Å². The Hall–Kier alpha value is -2.96. The van der Waals surface area contributed by atoms with E-state index >= 15 is 0 Å². The van der Waals surface area contributed by atoms with Crippen LogP contribution in [0.4, 0.5) is 17.6 Å². The molecule has 1 aliphatic rings. The van der Waals surface area contributed by atoms with Crippen LogP contribution < -0.4 is 10.6 Å².